The standard InChI is InChI=1S/C16H25N3O/c1-4-18-10-12-19(13-11-18)16(20)15(17(2)3)14-8-6-5-7-9-14/h5-9,15H,4,10-13H2,1-3H3. The average molecular weight is 275 g/mol. The van der Waals surface area contributed by atoms with Crippen LogP contribution >= 0.6 is 0 Å². The van der Waals surface area contributed by atoms with Crippen molar-refractivity contribution >= 4 is 5.91 Å². The van der Waals surface area contributed by atoms with E-state index in [2.05, 4.69) is 11.8 Å². The molecule has 0 aliphatic carbocycles. The van der Waals surface area contributed by atoms with Crippen LogP contribution in [0.15, 0.2) is 30.3 Å². The van der Waals surface area contributed by atoms with Gasteiger partial charge in [0.25, 0.3) is 0 Å². The van der Waals surface area contributed by atoms with Crippen molar-refractivity contribution in [3.8, 4) is 0 Å². The van der Waals surface area contributed by atoms with E-state index in [0.29, 0.717) is 0 Å². The van der Waals surface area contributed by atoms with E-state index in [4.69, 9.17) is 0 Å². The highest BCUT2D eigenvalue weighted by molar-refractivity contribution is 5.83. The van der Waals surface area contributed by atoms with Gasteiger partial charge in [-0.1, -0.05) is 37.3 Å². The van der Waals surface area contributed by atoms with Crippen LogP contribution in [0.1, 0.15) is 18.5 Å². The molecule has 1 aromatic rings. The molecule has 0 aromatic heterocycles. The molecular formula is C16H25N3O. The quantitative estimate of drug-likeness (QED) is 0.832. The normalized spacial score (nSPS) is 18.3. The van der Waals surface area contributed by atoms with Gasteiger partial charge in [0.15, 0.2) is 0 Å². The van der Waals surface area contributed by atoms with Gasteiger partial charge in [-0.15, -0.1) is 0 Å². The predicted molar refractivity (Wildman–Crippen MR) is 81.6 cm³/mol. The number of benzene rings is 1. The number of amides is 1. The van der Waals surface area contributed by atoms with E-state index in [-0.39, 0.29) is 11.9 Å². The minimum atomic E-state index is -0.177. The molecule has 0 bridgehead atoms. The van der Waals surface area contributed by atoms with Crippen LogP contribution in [-0.4, -0.2) is 67.4 Å². The van der Waals surface area contributed by atoms with E-state index in [1.54, 1.807) is 0 Å². The highest BCUT2D eigenvalue weighted by atomic mass is 16.2. The number of rotatable bonds is 4. The lowest BCUT2D eigenvalue weighted by Gasteiger charge is -2.37. The van der Waals surface area contributed by atoms with E-state index >= 15 is 0 Å². The second kappa shape index (κ2) is 6.86. The molecular weight excluding hydrogens is 250 g/mol. The van der Waals surface area contributed by atoms with E-state index in [1.165, 1.54) is 0 Å². The number of hydrogen-bond acceptors (Lipinski definition) is 3. The molecule has 110 valence electrons. The summed E-state index contributed by atoms with van der Waals surface area (Å²) >= 11 is 0. The Hall–Kier alpha value is -1.39. The van der Waals surface area contributed by atoms with Crippen LogP contribution in [0.2, 0.25) is 0 Å². The number of likely N-dealkylation sites (N-methyl/N-ethyl adjacent to an activating group) is 2. The van der Waals surface area contributed by atoms with Crippen molar-refractivity contribution in [1.29, 1.82) is 0 Å². The van der Waals surface area contributed by atoms with E-state index in [0.717, 1.165) is 38.3 Å². The molecule has 1 atom stereocenters. The van der Waals surface area contributed by atoms with Gasteiger partial charge in [-0.05, 0) is 26.2 Å². The molecule has 0 radical (unpaired) electrons. The molecule has 1 fully saturated rings. The first-order valence-corrected chi connectivity index (χ1v) is 7.36. The molecule has 0 spiro atoms. The summed E-state index contributed by atoms with van der Waals surface area (Å²) in [4.78, 5) is 19.2. The fourth-order valence-corrected chi connectivity index (χ4v) is 2.75. The topological polar surface area (TPSA) is 26.8 Å². The van der Waals surface area contributed by atoms with Gasteiger partial charge in [0, 0.05) is 26.2 Å². The zero-order chi connectivity index (χ0) is 14.5. The molecule has 1 aliphatic rings. The lowest BCUT2D eigenvalue weighted by Crippen LogP contribution is -2.51. The Morgan fingerprint density at radius 3 is 2.25 bits per heavy atom. The summed E-state index contributed by atoms with van der Waals surface area (Å²) in [6.45, 7) is 6.88. The Kier molecular flexibility index (Phi) is 5.15. The SMILES string of the molecule is CCN1CCN(C(=O)C(c2ccccc2)N(C)C)CC1. The molecule has 1 aromatic carbocycles. The van der Waals surface area contributed by atoms with Crippen molar-refractivity contribution in [1.82, 2.24) is 14.7 Å². The fraction of sp³-hybridized carbons (Fsp3) is 0.562. The molecule has 1 heterocycles. The number of carbonyl (C=O) groups excluding carboxylic acids is 1. The molecule has 1 saturated heterocycles. The van der Waals surface area contributed by atoms with Gasteiger partial charge in [-0.2, -0.15) is 0 Å². The lowest BCUT2D eigenvalue weighted by atomic mass is 10.0. The van der Waals surface area contributed by atoms with Crippen LogP contribution in [0.4, 0.5) is 0 Å². The summed E-state index contributed by atoms with van der Waals surface area (Å²) in [5.74, 6) is 0.219. The van der Waals surface area contributed by atoms with Crippen molar-refractivity contribution in [2.45, 2.75) is 13.0 Å². The average Bonchev–Trinajstić information content (AvgIpc) is 2.48. The van der Waals surface area contributed by atoms with E-state index < -0.39 is 0 Å². The molecule has 2 rings (SSSR count). The summed E-state index contributed by atoms with van der Waals surface area (Å²) < 4.78 is 0. The molecule has 0 saturated carbocycles. The monoisotopic (exact) mass is 275 g/mol. The van der Waals surface area contributed by atoms with Crippen LogP contribution in [-0.2, 0) is 4.79 Å². The van der Waals surface area contributed by atoms with Gasteiger partial charge in [-0.25, -0.2) is 0 Å². The molecule has 4 nitrogen and oxygen atoms in total. The summed E-state index contributed by atoms with van der Waals surface area (Å²) in [5.41, 5.74) is 1.07. The third-order valence-electron chi connectivity index (χ3n) is 4.00. The van der Waals surface area contributed by atoms with Gasteiger partial charge >= 0.3 is 0 Å². The molecule has 1 unspecified atom stereocenters. The minimum absolute atomic E-state index is 0.177. The Morgan fingerprint density at radius 1 is 1.15 bits per heavy atom. The summed E-state index contributed by atoms with van der Waals surface area (Å²) in [7, 11) is 3.94. The van der Waals surface area contributed by atoms with Crippen molar-refractivity contribution in [3.63, 3.8) is 0 Å². The Bertz CT molecular complexity index is 425. The van der Waals surface area contributed by atoms with Gasteiger partial charge in [-0.3, -0.25) is 9.69 Å². The highest BCUT2D eigenvalue weighted by Gasteiger charge is 2.29. The zero-order valence-electron chi connectivity index (χ0n) is 12.7. The molecule has 20 heavy (non-hydrogen) atoms. The molecule has 4 heteroatoms. The third kappa shape index (κ3) is 3.38. The summed E-state index contributed by atoms with van der Waals surface area (Å²) in [5, 5.41) is 0. The Morgan fingerprint density at radius 2 is 1.75 bits per heavy atom. The first-order chi connectivity index (χ1) is 9.63. The minimum Gasteiger partial charge on any atom is -0.338 e. The Labute approximate surface area is 122 Å². The molecule has 1 aliphatic heterocycles. The second-order valence-electron chi connectivity index (χ2n) is 5.54. The van der Waals surface area contributed by atoms with Gasteiger partial charge in [0.1, 0.15) is 6.04 Å². The fourth-order valence-electron chi connectivity index (χ4n) is 2.75. The predicted octanol–water partition coefficient (Wildman–Crippen LogP) is 1.45. The Balaban J connectivity index is 2.09. The smallest absolute Gasteiger partial charge is 0.244 e. The van der Waals surface area contributed by atoms with Crippen LogP contribution in [0.25, 0.3) is 0 Å². The zero-order valence-corrected chi connectivity index (χ0v) is 12.7. The van der Waals surface area contributed by atoms with E-state index in [1.807, 2.05) is 54.2 Å². The maximum absolute atomic E-state index is 12.8. The van der Waals surface area contributed by atoms with Gasteiger partial charge in [0.2, 0.25) is 5.91 Å². The van der Waals surface area contributed by atoms with Crippen molar-refractivity contribution in [2.24, 2.45) is 0 Å². The highest BCUT2D eigenvalue weighted by Crippen LogP contribution is 2.21. The molecule has 0 N–H and O–H groups in total. The van der Waals surface area contributed by atoms with Crippen molar-refractivity contribution in [2.75, 3.05) is 46.8 Å². The van der Waals surface area contributed by atoms with Gasteiger partial charge < -0.3 is 9.80 Å². The van der Waals surface area contributed by atoms with Crippen molar-refractivity contribution < 1.29 is 4.79 Å². The number of hydrogen-bond donors (Lipinski definition) is 0. The van der Waals surface area contributed by atoms with E-state index in [9.17, 15) is 4.79 Å². The largest absolute Gasteiger partial charge is 0.338 e. The maximum atomic E-state index is 12.8. The lowest BCUT2D eigenvalue weighted by molar-refractivity contribution is -0.138. The van der Waals surface area contributed by atoms with Crippen LogP contribution in [0, 0.1) is 0 Å². The summed E-state index contributed by atoms with van der Waals surface area (Å²) in [6, 6.07) is 9.86. The first-order valence-electron chi connectivity index (χ1n) is 7.36. The number of nitrogens with zero attached hydrogens (tertiary/aromatic N) is 3. The molecule has 1 amide bonds. The van der Waals surface area contributed by atoms with Gasteiger partial charge in [0.05, 0.1) is 0 Å². The number of piperazine rings is 1. The third-order valence-corrected chi connectivity index (χ3v) is 4.00. The maximum Gasteiger partial charge on any atom is 0.244 e. The van der Waals surface area contributed by atoms with Crippen LogP contribution in [0.5, 0.6) is 0 Å². The van der Waals surface area contributed by atoms with Crippen LogP contribution in [0.3, 0.4) is 0 Å². The first kappa shape index (κ1) is 15.0. The number of carbonyl (C=O) groups is 1. The van der Waals surface area contributed by atoms with Crippen LogP contribution < -0.4 is 0 Å². The summed E-state index contributed by atoms with van der Waals surface area (Å²) in [6.07, 6.45) is 0. The second-order valence-corrected chi connectivity index (χ2v) is 5.54. The van der Waals surface area contributed by atoms with Crippen molar-refractivity contribution in [3.05, 3.63) is 35.9 Å².